The maximum Gasteiger partial charge on any atom is 0.142 e. The van der Waals surface area contributed by atoms with Gasteiger partial charge >= 0.3 is 0 Å². The Kier molecular flexibility index (Phi) is 5.48. The van der Waals surface area contributed by atoms with E-state index >= 15 is 0 Å². The first kappa shape index (κ1) is 15.7. The molecule has 4 heteroatoms. The Morgan fingerprint density at radius 2 is 1.90 bits per heavy atom. The van der Waals surface area contributed by atoms with Gasteiger partial charge in [-0.05, 0) is 29.7 Å². The molecular weight excluding hydrogens is 289 g/mol. The van der Waals surface area contributed by atoms with Crippen LogP contribution in [0.3, 0.4) is 0 Å². The van der Waals surface area contributed by atoms with Crippen molar-refractivity contribution in [1.29, 1.82) is 0 Å². The molecule has 21 heavy (non-hydrogen) atoms. The fourth-order valence-corrected chi connectivity index (χ4v) is 2.27. The molecule has 0 bridgehead atoms. The number of Topliss-reactive ketones (excluding diaryl/α,β-unsaturated/α-hetero) is 1. The highest BCUT2D eigenvalue weighted by Gasteiger charge is 2.10. The maximum absolute atomic E-state index is 13.3. The van der Waals surface area contributed by atoms with Crippen LogP contribution in [0.1, 0.15) is 30.0 Å². The van der Waals surface area contributed by atoms with Crippen LogP contribution in [0, 0.1) is 5.82 Å². The van der Waals surface area contributed by atoms with Crippen molar-refractivity contribution in [2.24, 2.45) is 5.73 Å². The average Bonchev–Trinajstić information content (AvgIpc) is 2.49. The molecule has 0 fully saturated rings. The molecular formula is C17H17ClFNO. The van der Waals surface area contributed by atoms with Crippen molar-refractivity contribution in [2.45, 2.75) is 25.3 Å². The molecule has 2 rings (SSSR count). The number of halogens is 2. The third-order valence-electron chi connectivity index (χ3n) is 3.35. The van der Waals surface area contributed by atoms with Crippen LogP contribution in [0.4, 0.5) is 4.39 Å². The van der Waals surface area contributed by atoms with Gasteiger partial charge in [0.25, 0.3) is 0 Å². The second-order valence-corrected chi connectivity index (χ2v) is 5.43. The zero-order valence-electron chi connectivity index (χ0n) is 11.6. The van der Waals surface area contributed by atoms with Gasteiger partial charge in [0, 0.05) is 18.9 Å². The summed E-state index contributed by atoms with van der Waals surface area (Å²) in [6, 6.07) is 14.0. The number of hydrogen-bond donors (Lipinski definition) is 1. The zero-order chi connectivity index (χ0) is 15.2. The van der Waals surface area contributed by atoms with E-state index in [1.807, 2.05) is 30.3 Å². The number of carbonyl (C=O) groups is 1. The lowest BCUT2D eigenvalue weighted by Gasteiger charge is -2.11. The van der Waals surface area contributed by atoms with Gasteiger partial charge in [0.15, 0.2) is 0 Å². The molecule has 0 aromatic heterocycles. The van der Waals surface area contributed by atoms with Gasteiger partial charge < -0.3 is 5.73 Å². The SMILES string of the molecule is NC(CCC(=O)Cc1ccc(Cl)c(F)c1)c1ccccc1. The molecule has 2 nitrogen and oxygen atoms in total. The van der Waals surface area contributed by atoms with E-state index in [1.54, 1.807) is 6.07 Å². The lowest BCUT2D eigenvalue weighted by atomic mass is 9.99. The van der Waals surface area contributed by atoms with Crippen molar-refractivity contribution in [3.05, 3.63) is 70.5 Å². The first-order valence-corrected chi connectivity index (χ1v) is 7.20. The van der Waals surface area contributed by atoms with Crippen molar-refractivity contribution >= 4 is 17.4 Å². The summed E-state index contributed by atoms with van der Waals surface area (Å²) < 4.78 is 13.3. The summed E-state index contributed by atoms with van der Waals surface area (Å²) in [6.45, 7) is 0. The van der Waals surface area contributed by atoms with Crippen LogP contribution in [-0.4, -0.2) is 5.78 Å². The first-order chi connectivity index (χ1) is 10.1. The average molecular weight is 306 g/mol. The van der Waals surface area contributed by atoms with E-state index in [9.17, 15) is 9.18 Å². The molecule has 2 aromatic rings. The zero-order valence-corrected chi connectivity index (χ0v) is 12.3. The lowest BCUT2D eigenvalue weighted by molar-refractivity contribution is -0.118. The molecule has 0 aliphatic rings. The minimum Gasteiger partial charge on any atom is -0.324 e. The normalized spacial score (nSPS) is 12.1. The number of benzene rings is 2. The Morgan fingerprint density at radius 1 is 1.19 bits per heavy atom. The molecule has 0 saturated heterocycles. The summed E-state index contributed by atoms with van der Waals surface area (Å²) in [4.78, 5) is 11.9. The summed E-state index contributed by atoms with van der Waals surface area (Å²) >= 11 is 5.61. The number of nitrogens with two attached hydrogens (primary N) is 1. The van der Waals surface area contributed by atoms with E-state index in [1.165, 1.54) is 12.1 Å². The van der Waals surface area contributed by atoms with Crippen molar-refractivity contribution in [2.75, 3.05) is 0 Å². The van der Waals surface area contributed by atoms with E-state index in [-0.39, 0.29) is 23.3 Å². The van der Waals surface area contributed by atoms with Gasteiger partial charge in [0.05, 0.1) is 5.02 Å². The molecule has 0 heterocycles. The van der Waals surface area contributed by atoms with Gasteiger partial charge in [0.1, 0.15) is 11.6 Å². The molecule has 0 amide bonds. The second-order valence-electron chi connectivity index (χ2n) is 5.02. The third-order valence-corrected chi connectivity index (χ3v) is 3.65. The molecule has 110 valence electrons. The molecule has 0 aliphatic carbocycles. The third kappa shape index (κ3) is 4.66. The minimum atomic E-state index is -0.497. The Bertz CT molecular complexity index is 615. The number of rotatable bonds is 6. The van der Waals surface area contributed by atoms with Crippen molar-refractivity contribution in [3.8, 4) is 0 Å². The molecule has 0 aliphatic heterocycles. The second kappa shape index (κ2) is 7.34. The Morgan fingerprint density at radius 3 is 2.57 bits per heavy atom. The van der Waals surface area contributed by atoms with Crippen LogP contribution >= 0.6 is 11.6 Å². The van der Waals surface area contributed by atoms with E-state index in [0.29, 0.717) is 18.4 Å². The van der Waals surface area contributed by atoms with Crippen molar-refractivity contribution in [3.63, 3.8) is 0 Å². The van der Waals surface area contributed by atoms with Gasteiger partial charge in [-0.1, -0.05) is 48.0 Å². The molecule has 1 atom stereocenters. The van der Waals surface area contributed by atoms with Crippen LogP contribution < -0.4 is 5.73 Å². The van der Waals surface area contributed by atoms with Crippen molar-refractivity contribution < 1.29 is 9.18 Å². The largest absolute Gasteiger partial charge is 0.324 e. The van der Waals surface area contributed by atoms with E-state index in [0.717, 1.165) is 5.56 Å². The molecule has 2 N–H and O–H groups in total. The smallest absolute Gasteiger partial charge is 0.142 e. The van der Waals surface area contributed by atoms with E-state index < -0.39 is 5.82 Å². The van der Waals surface area contributed by atoms with E-state index in [4.69, 9.17) is 17.3 Å². The topological polar surface area (TPSA) is 43.1 Å². The number of carbonyl (C=O) groups excluding carboxylic acids is 1. The molecule has 0 spiro atoms. The fourth-order valence-electron chi connectivity index (χ4n) is 2.15. The fraction of sp³-hybridized carbons (Fsp3) is 0.235. The number of ketones is 1. The van der Waals surface area contributed by atoms with E-state index in [2.05, 4.69) is 0 Å². The van der Waals surface area contributed by atoms with Crippen molar-refractivity contribution in [1.82, 2.24) is 0 Å². The molecule has 0 radical (unpaired) electrons. The summed E-state index contributed by atoms with van der Waals surface area (Å²) in [5.41, 5.74) is 7.70. The molecule has 2 aromatic carbocycles. The highest BCUT2D eigenvalue weighted by molar-refractivity contribution is 6.30. The predicted molar refractivity (Wildman–Crippen MR) is 82.7 cm³/mol. The summed E-state index contributed by atoms with van der Waals surface area (Å²) in [7, 11) is 0. The van der Waals surface area contributed by atoms with Crippen LogP contribution in [0.5, 0.6) is 0 Å². The Labute approximate surface area is 128 Å². The first-order valence-electron chi connectivity index (χ1n) is 6.82. The molecule has 0 saturated carbocycles. The standard InChI is InChI=1S/C17H17ClFNO/c18-15-8-6-12(11-16(15)19)10-14(21)7-9-17(20)13-4-2-1-3-5-13/h1-6,8,11,17H,7,9-10,20H2. The van der Waals surface area contributed by atoms with Crippen LogP contribution in [0.15, 0.2) is 48.5 Å². The van der Waals surface area contributed by atoms with Crippen LogP contribution in [0.2, 0.25) is 5.02 Å². The van der Waals surface area contributed by atoms with Gasteiger partial charge in [-0.2, -0.15) is 0 Å². The van der Waals surface area contributed by atoms with Crippen LogP contribution in [-0.2, 0) is 11.2 Å². The highest BCUT2D eigenvalue weighted by atomic mass is 35.5. The quantitative estimate of drug-likeness (QED) is 0.874. The number of hydrogen-bond acceptors (Lipinski definition) is 2. The monoisotopic (exact) mass is 305 g/mol. The van der Waals surface area contributed by atoms with Crippen LogP contribution in [0.25, 0.3) is 0 Å². The van der Waals surface area contributed by atoms with Gasteiger partial charge in [0.2, 0.25) is 0 Å². The lowest BCUT2D eigenvalue weighted by Crippen LogP contribution is -2.13. The predicted octanol–water partition coefficient (Wildman–Crippen LogP) is 4.07. The summed E-state index contributed by atoms with van der Waals surface area (Å²) in [5, 5.41) is 0.0669. The Hall–Kier alpha value is -1.71. The van der Waals surface area contributed by atoms with Gasteiger partial charge in [-0.15, -0.1) is 0 Å². The Balaban J connectivity index is 1.86. The summed E-state index contributed by atoms with van der Waals surface area (Å²) in [6.07, 6.45) is 1.16. The van der Waals surface area contributed by atoms with Gasteiger partial charge in [-0.3, -0.25) is 4.79 Å². The maximum atomic E-state index is 13.3. The summed E-state index contributed by atoms with van der Waals surface area (Å²) in [5.74, 6) is -0.453. The highest BCUT2D eigenvalue weighted by Crippen LogP contribution is 2.18. The minimum absolute atomic E-state index is 0.0445. The van der Waals surface area contributed by atoms with Gasteiger partial charge in [-0.25, -0.2) is 4.39 Å². The molecule has 1 unspecified atom stereocenters.